The second-order valence-corrected chi connectivity index (χ2v) is 6.26. The number of pyridine rings is 1. The molecule has 0 saturated carbocycles. The van der Waals surface area contributed by atoms with Gasteiger partial charge in [0.2, 0.25) is 11.6 Å². The normalized spacial score (nSPS) is 14.0. The highest BCUT2D eigenvalue weighted by Crippen LogP contribution is 2.28. The number of carbonyl (C=O) groups is 1. The standard InChI is InChI=1S/C19H18F4N4O4/c1-29-13-8-11(9-24-26-17-15(20)18(22)25-19(23)16(17)21)2-3-12(13)31-10-14(28)27-4-6-30-7-5-27/h2-3,8-9H,4-7,10H2,1H3,(H,25,26)/b24-9+. The summed E-state index contributed by atoms with van der Waals surface area (Å²) in [7, 11) is 1.39. The molecular weight excluding hydrogens is 424 g/mol. The number of methoxy groups -OCH3 is 1. The van der Waals surface area contributed by atoms with Gasteiger partial charge in [0.15, 0.2) is 18.1 Å². The lowest BCUT2D eigenvalue weighted by Crippen LogP contribution is -2.43. The van der Waals surface area contributed by atoms with E-state index in [9.17, 15) is 22.4 Å². The molecule has 0 unspecified atom stereocenters. The minimum atomic E-state index is -1.80. The molecule has 12 heteroatoms. The number of carbonyl (C=O) groups excluding carboxylic acids is 1. The predicted molar refractivity (Wildman–Crippen MR) is 101 cm³/mol. The number of morpholine rings is 1. The fourth-order valence-corrected chi connectivity index (χ4v) is 2.68. The van der Waals surface area contributed by atoms with E-state index in [1.165, 1.54) is 25.3 Å². The highest BCUT2D eigenvalue weighted by molar-refractivity contribution is 5.82. The summed E-state index contributed by atoms with van der Waals surface area (Å²) in [5.74, 6) is -6.63. The van der Waals surface area contributed by atoms with Crippen LogP contribution in [-0.4, -0.2) is 62.0 Å². The summed E-state index contributed by atoms with van der Waals surface area (Å²) in [4.78, 5) is 16.3. The smallest absolute Gasteiger partial charge is 0.260 e. The first-order chi connectivity index (χ1) is 14.9. The van der Waals surface area contributed by atoms with E-state index in [0.717, 1.165) is 6.21 Å². The Morgan fingerprint density at radius 3 is 2.52 bits per heavy atom. The topological polar surface area (TPSA) is 85.3 Å². The number of ether oxygens (including phenoxy) is 3. The van der Waals surface area contributed by atoms with Crippen LogP contribution in [0.2, 0.25) is 0 Å². The van der Waals surface area contributed by atoms with Crippen LogP contribution in [0.5, 0.6) is 11.5 Å². The molecule has 1 fully saturated rings. The number of nitrogens with zero attached hydrogens (tertiary/aromatic N) is 3. The van der Waals surface area contributed by atoms with E-state index in [4.69, 9.17) is 14.2 Å². The number of aromatic nitrogens is 1. The molecule has 1 aliphatic heterocycles. The van der Waals surface area contributed by atoms with Gasteiger partial charge in [0, 0.05) is 13.1 Å². The van der Waals surface area contributed by atoms with Gasteiger partial charge in [0.25, 0.3) is 17.8 Å². The Morgan fingerprint density at radius 1 is 1.19 bits per heavy atom. The molecule has 1 amide bonds. The molecule has 0 bridgehead atoms. The van der Waals surface area contributed by atoms with Crippen molar-refractivity contribution in [2.24, 2.45) is 5.10 Å². The van der Waals surface area contributed by atoms with Crippen LogP contribution >= 0.6 is 0 Å². The molecule has 8 nitrogen and oxygen atoms in total. The molecule has 0 radical (unpaired) electrons. The van der Waals surface area contributed by atoms with E-state index in [1.54, 1.807) is 4.90 Å². The van der Waals surface area contributed by atoms with Gasteiger partial charge in [0.1, 0.15) is 5.69 Å². The lowest BCUT2D eigenvalue weighted by atomic mass is 10.2. The third-order valence-electron chi connectivity index (χ3n) is 4.29. The number of amides is 1. The summed E-state index contributed by atoms with van der Waals surface area (Å²) in [5, 5.41) is 3.57. The van der Waals surface area contributed by atoms with Crippen molar-refractivity contribution in [1.82, 2.24) is 9.88 Å². The van der Waals surface area contributed by atoms with Crippen molar-refractivity contribution in [1.29, 1.82) is 0 Å². The minimum absolute atomic E-state index is 0.191. The van der Waals surface area contributed by atoms with Crippen molar-refractivity contribution in [3.8, 4) is 11.5 Å². The van der Waals surface area contributed by atoms with E-state index in [1.807, 2.05) is 5.43 Å². The lowest BCUT2D eigenvalue weighted by Gasteiger charge is -2.26. The van der Waals surface area contributed by atoms with Gasteiger partial charge in [-0.2, -0.15) is 27.6 Å². The van der Waals surface area contributed by atoms with Crippen LogP contribution in [0.15, 0.2) is 23.3 Å². The fraction of sp³-hybridized carbons (Fsp3) is 0.316. The Morgan fingerprint density at radius 2 is 1.87 bits per heavy atom. The lowest BCUT2D eigenvalue weighted by molar-refractivity contribution is -0.137. The maximum absolute atomic E-state index is 13.6. The number of nitrogens with one attached hydrogen (secondary N) is 1. The quantitative estimate of drug-likeness (QED) is 0.307. The largest absolute Gasteiger partial charge is 0.493 e. The van der Waals surface area contributed by atoms with Gasteiger partial charge in [-0.25, -0.2) is 0 Å². The maximum atomic E-state index is 13.6. The molecule has 0 atom stereocenters. The van der Waals surface area contributed by atoms with Crippen molar-refractivity contribution in [2.45, 2.75) is 0 Å². The highest BCUT2D eigenvalue weighted by Gasteiger charge is 2.20. The zero-order valence-electron chi connectivity index (χ0n) is 16.3. The molecule has 2 aromatic rings. The van der Waals surface area contributed by atoms with E-state index in [0.29, 0.717) is 37.6 Å². The molecule has 2 heterocycles. The van der Waals surface area contributed by atoms with E-state index in [-0.39, 0.29) is 18.3 Å². The fourth-order valence-electron chi connectivity index (χ4n) is 2.68. The van der Waals surface area contributed by atoms with E-state index < -0.39 is 29.2 Å². The molecule has 166 valence electrons. The molecule has 1 N–H and O–H groups in total. The Hall–Kier alpha value is -3.41. The monoisotopic (exact) mass is 442 g/mol. The van der Waals surface area contributed by atoms with Gasteiger partial charge in [-0.1, -0.05) is 0 Å². The van der Waals surface area contributed by atoms with E-state index >= 15 is 0 Å². The summed E-state index contributed by atoms with van der Waals surface area (Å²) in [5.41, 5.74) is 1.20. The molecule has 31 heavy (non-hydrogen) atoms. The van der Waals surface area contributed by atoms with Gasteiger partial charge in [0.05, 0.1) is 26.5 Å². The third kappa shape index (κ3) is 5.40. The third-order valence-corrected chi connectivity index (χ3v) is 4.29. The van der Waals surface area contributed by atoms with Crippen LogP contribution in [0, 0.1) is 23.5 Å². The number of rotatable bonds is 7. The first kappa shape index (κ1) is 22.3. The zero-order valence-corrected chi connectivity index (χ0v) is 16.3. The van der Waals surface area contributed by atoms with Crippen LogP contribution < -0.4 is 14.9 Å². The summed E-state index contributed by atoms with van der Waals surface area (Å²) in [6.07, 6.45) is 1.14. The summed E-state index contributed by atoms with van der Waals surface area (Å²) < 4.78 is 69.3. The van der Waals surface area contributed by atoms with Crippen molar-refractivity contribution >= 4 is 17.8 Å². The summed E-state index contributed by atoms with van der Waals surface area (Å²) >= 11 is 0. The second kappa shape index (κ2) is 10.1. The van der Waals surface area contributed by atoms with Crippen LogP contribution in [0.1, 0.15) is 5.56 Å². The molecule has 3 rings (SSSR count). The zero-order chi connectivity index (χ0) is 22.4. The van der Waals surface area contributed by atoms with Crippen LogP contribution in [0.25, 0.3) is 0 Å². The maximum Gasteiger partial charge on any atom is 0.260 e. The number of hydrazone groups is 1. The first-order valence-corrected chi connectivity index (χ1v) is 9.06. The average molecular weight is 442 g/mol. The van der Waals surface area contributed by atoms with Gasteiger partial charge >= 0.3 is 0 Å². The van der Waals surface area contributed by atoms with Crippen LogP contribution in [-0.2, 0) is 9.53 Å². The summed E-state index contributed by atoms with van der Waals surface area (Å²) in [6.45, 7) is 1.75. The molecule has 1 saturated heterocycles. The average Bonchev–Trinajstić information content (AvgIpc) is 2.79. The van der Waals surface area contributed by atoms with Crippen molar-refractivity contribution < 1.29 is 36.6 Å². The molecular formula is C19H18F4N4O4. The van der Waals surface area contributed by atoms with Gasteiger partial charge in [-0.05, 0) is 23.8 Å². The van der Waals surface area contributed by atoms with E-state index in [2.05, 4.69) is 10.1 Å². The molecule has 1 aromatic heterocycles. The molecule has 0 aliphatic carbocycles. The Kier molecular flexibility index (Phi) is 7.23. The minimum Gasteiger partial charge on any atom is -0.493 e. The van der Waals surface area contributed by atoms with Crippen molar-refractivity contribution in [3.63, 3.8) is 0 Å². The SMILES string of the molecule is COc1cc(/C=N/Nc2c(F)c(F)nc(F)c2F)ccc1OCC(=O)N1CCOCC1. The number of anilines is 1. The Labute approximate surface area is 174 Å². The Balaban J connectivity index is 1.65. The second-order valence-electron chi connectivity index (χ2n) is 6.26. The van der Waals surface area contributed by atoms with Crippen molar-refractivity contribution in [2.75, 3.05) is 45.4 Å². The number of hydrogen-bond donors (Lipinski definition) is 1. The van der Waals surface area contributed by atoms with Gasteiger partial charge in [-0.3, -0.25) is 10.2 Å². The van der Waals surface area contributed by atoms with Crippen molar-refractivity contribution in [3.05, 3.63) is 47.3 Å². The van der Waals surface area contributed by atoms with Crippen LogP contribution in [0.4, 0.5) is 23.2 Å². The molecule has 1 aromatic carbocycles. The number of hydrogen-bond acceptors (Lipinski definition) is 7. The van der Waals surface area contributed by atoms with Gasteiger partial charge < -0.3 is 19.1 Å². The molecule has 0 spiro atoms. The first-order valence-electron chi connectivity index (χ1n) is 9.06. The summed E-state index contributed by atoms with van der Waals surface area (Å²) in [6, 6.07) is 4.53. The van der Waals surface area contributed by atoms with Gasteiger partial charge in [-0.15, -0.1) is 0 Å². The predicted octanol–water partition coefficient (Wildman–Crippen LogP) is 2.33. The van der Waals surface area contributed by atoms with Crippen LogP contribution in [0.3, 0.4) is 0 Å². The Bertz CT molecular complexity index is 958. The number of halogens is 4. The highest BCUT2D eigenvalue weighted by atomic mass is 19.2. The number of benzene rings is 1. The molecule has 1 aliphatic rings.